The number of anilines is 1. The predicted molar refractivity (Wildman–Crippen MR) is 101 cm³/mol. The van der Waals surface area contributed by atoms with Gasteiger partial charge in [0.1, 0.15) is 5.69 Å². The Labute approximate surface area is 158 Å². The third kappa shape index (κ3) is 4.17. The summed E-state index contributed by atoms with van der Waals surface area (Å²) >= 11 is 0. The molecule has 0 radical (unpaired) electrons. The maximum atomic E-state index is 12.5. The lowest BCUT2D eigenvalue weighted by Crippen LogP contribution is -2.46. The molecule has 1 aliphatic heterocycles. The number of esters is 1. The van der Waals surface area contributed by atoms with Crippen LogP contribution < -0.4 is 4.90 Å². The molecule has 0 amide bonds. The zero-order chi connectivity index (χ0) is 19.6. The lowest BCUT2D eigenvalue weighted by atomic mass is 10.1. The average molecular weight is 368 g/mol. The number of ether oxygens (including phenoxy) is 2. The highest BCUT2D eigenvalue weighted by molar-refractivity contribution is 5.85. The molecule has 1 aromatic heterocycles. The summed E-state index contributed by atoms with van der Waals surface area (Å²) in [4.78, 5) is 24.0. The van der Waals surface area contributed by atoms with Crippen molar-refractivity contribution in [3.63, 3.8) is 0 Å². The fourth-order valence-corrected chi connectivity index (χ4v) is 3.31. The maximum absolute atomic E-state index is 12.5. The van der Waals surface area contributed by atoms with Gasteiger partial charge in [0.2, 0.25) is 0 Å². The first-order chi connectivity index (χ1) is 12.9. The van der Waals surface area contributed by atoms with Crippen LogP contribution in [0.2, 0.25) is 0 Å². The number of hydrogen-bond donors (Lipinski definition) is 0. The number of rotatable bonds is 4. The van der Waals surface area contributed by atoms with E-state index in [1.165, 1.54) is 0 Å². The molecule has 7 nitrogen and oxygen atoms in total. The number of benzene rings is 1. The molecule has 3 atom stereocenters. The van der Waals surface area contributed by atoms with Crippen LogP contribution in [0.1, 0.15) is 39.3 Å². The largest absolute Gasteiger partial charge is 0.462 e. The minimum absolute atomic E-state index is 0.0121. The van der Waals surface area contributed by atoms with E-state index >= 15 is 0 Å². The zero-order valence-corrected chi connectivity index (χ0v) is 16.0. The van der Waals surface area contributed by atoms with Crippen LogP contribution in [0.15, 0.2) is 24.3 Å². The molecule has 0 bridgehead atoms. The van der Waals surface area contributed by atoms with Crippen molar-refractivity contribution in [3.8, 4) is 6.07 Å². The van der Waals surface area contributed by atoms with Crippen molar-refractivity contribution in [1.82, 2.24) is 9.97 Å². The number of aromatic nitrogens is 2. The highest BCUT2D eigenvalue weighted by Gasteiger charge is 2.33. The van der Waals surface area contributed by atoms with Gasteiger partial charge in [0.15, 0.2) is 11.7 Å². The van der Waals surface area contributed by atoms with Crippen LogP contribution in [0.5, 0.6) is 0 Å². The molecule has 3 rings (SSSR count). The molecule has 1 aliphatic rings. The molecule has 0 saturated carbocycles. The summed E-state index contributed by atoms with van der Waals surface area (Å²) in [6, 6.07) is 9.49. The Morgan fingerprint density at radius 1 is 1.22 bits per heavy atom. The molecule has 1 fully saturated rings. The summed E-state index contributed by atoms with van der Waals surface area (Å²) in [5.41, 5.74) is 1.70. The molecule has 7 heteroatoms. The summed E-state index contributed by atoms with van der Waals surface area (Å²) in [5.74, 6) is -1.19. The second-order valence-corrected chi connectivity index (χ2v) is 7.13. The quantitative estimate of drug-likeness (QED) is 0.767. The van der Waals surface area contributed by atoms with Crippen LogP contribution in [-0.4, -0.2) is 47.3 Å². The van der Waals surface area contributed by atoms with Crippen molar-refractivity contribution in [2.24, 2.45) is 0 Å². The Bertz CT molecular complexity index is 867. The molecular weight excluding hydrogens is 344 g/mol. The Balaban J connectivity index is 2.11. The number of morpholine rings is 1. The molecule has 142 valence electrons. The van der Waals surface area contributed by atoms with Crippen LogP contribution in [0.4, 0.5) is 5.82 Å². The van der Waals surface area contributed by atoms with E-state index in [1.54, 1.807) is 13.8 Å². The SMILES string of the molecule is CC(C)OC(=O)[C@@H](C#N)c1nc2ccccc2nc1N1C[C@H](C)O[C@@H](C)C1. The van der Waals surface area contributed by atoms with Gasteiger partial charge in [-0.25, -0.2) is 9.97 Å². The average Bonchev–Trinajstić information content (AvgIpc) is 2.60. The molecule has 0 aliphatic carbocycles. The Hall–Kier alpha value is -2.72. The van der Waals surface area contributed by atoms with E-state index in [-0.39, 0.29) is 18.3 Å². The number of fused-ring (bicyclic) bond motifs is 1. The number of nitriles is 1. The van der Waals surface area contributed by atoms with Gasteiger partial charge in [0, 0.05) is 13.1 Å². The minimum Gasteiger partial charge on any atom is -0.462 e. The first kappa shape index (κ1) is 19.1. The summed E-state index contributed by atoms with van der Waals surface area (Å²) in [5, 5.41) is 9.70. The molecule has 2 heterocycles. The van der Waals surface area contributed by atoms with Crippen LogP contribution >= 0.6 is 0 Å². The Kier molecular flexibility index (Phi) is 5.57. The van der Waals surface area contributed by atoms with Gasteiger partial charge >= 0.3 is 5.97 Å². The Morgan fingerprint density at radius 2 is 1.81 bits per heavy atom. The van der Waals surface area contributed by atoms with Gasteiger partial charge < -0.3 is 14.4 Å². The highest BCUT2D eigenvalue weighted by Crippen LogP contribution is 2.30. The van der Waals surface area contributed by atoms with Crippen molar-refractivity contribution in [2.75, 3.05) is 18.0 Å². The van der Waals surface area contributed by atoms with E-state index in [4.69, 9.17) is 14.5 Å². The summed E-state index contributed by atoms with van der Waals surface area (Å²) in [7, 11) is 0. The van der Waals surface area contributed by atoms with Gasteiger partial charge in [-0.15, -0.1) is 0 Å². The molecule has 1 saturated heterocycles. The zero-order valence-electron chi connectivity index (χ0n) is 16.0. The molecule has 2 aromatic rings. The lowest BCUT2D eigenvalue weighted by Gasteiger charge is -2.37. The van der Waals surface area contributed by atoms with Gasteiger partial charge in [-0.1, -0.05) is 12.1 Å². The third-order valence-corrected chi connectivity index (χ3v) is 4.29. The summed E-state index contributed by atoms with van der Waals surface area (Å²) in [6.07, 6.45) is -0.287. The van der Waals surface area contributed by atoms with Crippen LogP contribution in [0, 0.1) is 11.3 Å². The van der Waals surface area contributed by atoms with Crippen molar-refractivity contribution in [2.45, 2.75) is 51.9 Å². The Morgan fingerprint density at radius 3 is 2.37 bits per heavy atom. The van der Waals surface area contributed by atoms with E-state index in [9.17, 15) is 10.1 Å². The van der Waals surface area contributed by atoms with Crippen molar-refractivity contribution < 1.29 is 14.3 Å². The number of nitrogens with zero attached hydrogens (tertiary/aromatic N) is 4. The predicted octanol–water partition coefficient (Wildman–Crippen LogP) is 2.80. The van der Waals surface area contributed by atoms with Gasteiger partial charge in [0.05, 0.1) is 35.4 Å². The van der Waals surface area contributed by atoms with E-state index in [1.807, 2.05) is 43.0 Å². The number of para-hydroxylation sites is 2. The lowest BCUT2D eigenvalue weighted by molar-refractivity contribution is -0.147. The molecule has 0 unspecified atom stereocenters. The summed E-state index contributed by atoms with van der Waals surface area (Å²) in [6.45, 7) is 8.72. The van der Waals surface area contributed by atoms with E-state index in [2.05, 4.69) is 11.1 Å². The van der Waals surface area contributed by atoms with Gasteiger partial charge in [-0.2, -0.15) is 5.26 Å². The van der Waals surface area contributed by atoms with Crippen molar-refractivity contribution in [3.05, 3.63) is 30.0 Å². The van der Waals surface area contributed by atoms with Crippen molar-refractivity contribution >= 4 is 22.8 Å². The third-order valence-electron chi connectivity index (χ3n) is 4.29. The normalized spacial score (nSPS) is 21.1. The molecular formula is C20H24N4O3. The van der Waals surface area contributed by atoms with Gasteiger partial charge in [-0.3, -0.25) is 4.79 Å². The topological polar surface area (TPSA) is 88.3 Å². The number of carbonyl (C=O) groups is 1. The summed E-state index contributed by atoms with van der Waals surface area (Å²) < 4.78 is 11.1. The van der Waals surface area contributed by atoms with Crippen LogP contribution in [-0.2, 0) is 14.3 Å². The van der Waals surface area contributed by atoms with E-state index < -0.39 is 11.9 Å². The maximum Gasteiger partial charge on any atom is 0.329 e. The van der Waals surface area contributed by atoms with Gasteiger partial charge in [-0.05, 0) is 39.8 Å². The first-order valence-electron chi connectivity index (χ1n) is 9.16. The van der Waals surface area contributed by atoms with Crippen molar-refractivity contribution in [1.29, 1.82) is 5.26 Å². The second-order valence-electron chi connectivity index (χ2n) is 7.13. The fourth-order valence-electron chi connectivity index (χ4n) is 3.31. The highest BCUT2D eigenvalue weighted by atomic mass is 16.5. The van der Waals surface area contributed by atoms with E-state index in [0.29, 0.717) is 30.1 Å². The number of carbonyl (C=O) groups excluding carboxylic acids is 1. The molecule has 0 spiro atoms. The van der Waals surface area contributed by atoms with Gasteiger partial charge in [0.25, 0.3) is 0 Å². The van der Waals surface area contributed by atoms with Crippen LogP contribution in [0.25, 0.3) is 11.0 Å². The standard InChI is InChI=1S/C20H24N4O3/c1-12(2)26-20(25)15(9-21)18-19(24-10-13(3)27-14(4)11-24)23-17-8-6-5-7-16(17)22-18/h5-8,12-15H,10-11H2,1-4H3/t13-,14-,15-/m0/s1. The fraction of sp³-hybridized carbons (Fsp3) is 0.500. The minimum atomic E-state index is -1.13. The second kappa shape index (κ2) is 7.89. The smallest absolute Gasteiger partial charge is 0.329 e. The molecule has 0 N–H and O–H groups in total. The number of hydrogen-bond acceptors (Lipinski definition) is 7. The molecule has 1 aromatic carbocycles. The van der Waals surface area contributed by atoms with Crippen LogP contribution in [0.3, 0.4) is 0 Å². The monoisotopic (exact) mass is 368 g/mol. The first-order valence-corrected chi connectivity index (χ1v) is 9.16. The molecule has 27 heavy (non-hydrogen) atoms. The van der Waals surface area contributed by atoms with E-state index in [0.717, 1.165) is 5.52 Å².